The third kappa shape index (κ3) is 4.73. The molecule has 2 rings (SSSR count). The molecule has 1 heterocycles. The lowest BCUT2D eigenvalue weighted by Crippen LogP contribution is -2.32. The highest BCUT2D eigenvalue weighted by Gasteiger charge is 2.10. The topological polar surface area (TPSA) is 37.0 Å². The molecule has 0 atom stereocenters. The predicted octanol–water partition coefficient (Wildman–Crippen LogP) is 2.81. The molecule has 1 aliphatic rings. The van der Waals surface area contributed by atoms with Gasteiger partial charge < -0.3 is 10.6 Å². The lowest BCUT2D eigenvalue weighted by Gasteiger charge is -2.16. The zero-order valence-corrected chi connectivity index (χ0v) is 10.5. The Morgan fingerprint density at radius 2 is 1.88 bits per heavy atom. The zero-order valence-electron chi connectivity index (χ0n) is 10.5. The molecule has 0 spiro atoms. The molecule has 0 radical (unpaired) electrons. The Kier molecular flexibility index (Phi) is 5.30. The summed E-state index contributed by atoms with van der Waals surface area (Å²) in [7, 11) is 0. The summed E-state index contributed by atoms with van der Waals surface area (Å²) in [5.74, 6) is 0.968. The maximum absolute atomic E-state index is 4.24. The van der Waals surface area contributed by atoms with E-state index in [9.17, 15) is 0 Å². The zero-order chi connectivity index (χ0) is 11.8. The molecule has 1 aromatic rings. The summed E-state index contributed by atoms with van der Waals surface area (Å²) >= 11 is 0. The molecule has 3 nitrogen and oxygen atoms in total. The molecular formula is C14H23N3. The van der Waals surface area contributed by atoms with Crippen molar-refractivity contribution < 1.29 is 0 Å². The molecule has 0 amide bonds. The highest BCUT2D eigenvalue weighted by molar-refractivity contribution is 5.32. The standard InChI is InChI=1S/C14H23N3/c1-2-4-8-13(7-3-1)15-11-12-17-14-9-5-6-10-16-14/h5-6,9-10,13,15H,1-4,7-8,11-12H2,(H,16,17). The van der Waals surface area contributed by atoms with Crippen LogP contribution in [0.25, 0.3) is 0 Å². The molecular weight excluding hydrogens is 210 g/mol. The molecule has 94 valence electrons. The highest BCUT2D eigenvalue weighted by Crippen LogP contribution is 2.16. The van der Waals surface area contributed by atoms with Crippen LogP contribution < -0.4 is 10.6 Å². The lowest BCUT2D eigenvalue weighted by molar-refractivity contribution is 0.468. The van der Waals surface area contributed by atoms with E-state index in [0.29, 0.717) is 0 Å². The van der Waals surface area contributed by atoms with E-state index < -0.39 is 0 Å². The van der Waals surface area contributed by atoms with Crippen molar-refractivity contribution in [3.63, 3.8) is 0 Å². The molecule has 0 bridgehead atoms. The van der Waals surface area contributed by atoms with Gasteiger partial charge in [-0.15, -0.1) is 0 Å². The monoisotopic (exact) mass is 233 g/mol. The minimum Gasteiger partial charge on any atom is -0.369 e. The fourth-order valence-corrected chi connectivity index (χ4v) is 2.42. The van der Waals surface area contributed by atoms with Gasteiger partial charge in [-0.1, -0.05) is 31.7 Å². The fraction of sp³-hybridized carbons (Fsp3) is 0.643. The van der Waals surface area contributed by atoms with Crippen LogP contribution in [0.5, 0.6) is 0 Å². The quantitative estimate of drug-likeness (QED) is 0.606. The van der Waals surface area contributed by atoms with Crippen LogP contribution in [0.1, 0.15) is 38.5 Å². The second-order valence-corrected chi connectivity index (χ2v) is 4.78. The van der Waals surface area contributed by atoms with E-state index in [2.05, 4.69) is 15.6 Å². The highest BCUT2D eigenvalue weighted by atomic mass is 15.0. The van der Waals surface area contributed by atoms with Gasteiger partial charge in [0.1, 0.15) is 5.82 Å². The number of nitrogens with zero attached hydrogens (tertiary/aromatic N) is 1. The largest absolute Gasteiger partial charge is 0.369 e. The SMILES string of the molecule is c1ccc(NCCNC2CCCCCC2)nc1. The molecule has 1 fully saturated rings. The third-order valence-electron chi connectivity index (χ3n) is 3.38. The number of hydrogen-bond acceptors (Lipinski definition) is 3. The van der Waals surface area contributed by atoms with Gasteiger partial charge in [-0.05, 0) is 25.0 Å². The van der Waals surface area contributed by atoms with Crippen molar-refractivity contribution in [2.45, 2.75) is 44.6 Å². The van der Waals surface area contributed by atoms with Crippen molar-refractivity contribution in [2.24, 2.45) is 0 Å². The number of pyridine rings is 1. The van der Waals surface area contributed by atoms with E-state index in [-0.39, 0.29) is 0 Å². The maximum atomic E-state index is 4.24. The smallest absolute Gasteiger partial charge is 0.125 e. The first kappa shape index (κ1) is 12.4. The molecule has 0 unspecified atom stereocenters. The van der Waals surface area contributed by atoms with E-state index in [1.54, 1.807) is 0 Å². The Hall–Kier alpha value is -1.09. The summed E-state index contributed by atoms with van der Waals surface area (Å²) in [6.07, 6.45) is 10.2. The van der Waals surface area contributed by atoms with Crippen LogP contribution in [0.4, 0.5) is 5.82 Å². The molecule has 1 aromatic heterocycles. The van der Waals surface area contributed by atoms with Crippen molar-refractivity contribution in [1.29, 1.82) is 0 Å². The molecule has 17 heavy (non-hydrogen) atoms. The average molecular weight is 233 g/mol. The van der Waals surface area contributed by atoms with Gasteiger partial charge in [0.05, 0.1) is 0 Å². The van der Waals surface area contributed by atoms with Crippen LogP contribution in [0, 0.1) is 0 Å². The number of aromatic nitrogens is 1. The molecule has 3 heteroatoms. The van der Waals surface area contributed by atoms with Gasteiger partial charge in [-0.3, -0.25) is 0 Å². The van der Waals surface area contributed by atoms with Crippen molar-refractivity contribution >= 4 is 5.82 Å². The Morgan fingerprint density at radius 3 is 2.59 bits per heavy atom. The second-order valence-electron chi connectivity index (χ2n) is 4.78. The van der Waals surface area contributed by atoms with Gasteiger partial charge in [-0.2, -0.15) is 0 Å². The maximum Gasteiger partial charge on any atom is 0.125 e. The summed E-state index contributed by atoms with van der Waals surface area (Å²) in [4.78, 5) is 4.24. The summed E-state index contributed by atoms with van der Waals surface area (Å²) in [6, 6.07) is 6.69. The summed E-state index contributed by atoms with van der Waals surface area (Å²) in [5, 5.41) is 6.97. The molecule has 0 aromatic carbocycles. The van der Waals surface area contributed by atoms with Gasteiger partial charge in [0, 0.05) is 25.3 Å². The van der Waals surface area contributed by atoms with Crippen LogP contribution >= 0.6 is 0 Å². The molecule has 1 saturated carbocycles. The molecule has 1 aliphatic carbocycles. The van der Waals surface area contributed by atoms with Gasteiger partial charge in [0.2, 0.25) is 0 Å². The van der Waals surface area contributed by atoms with Gasteiger partial charge in [0.15, 0.2) is 0 Å². The molecule has 0 saturated heterocycles. The molecule has 0 aliphatic heterocycles. The third-order valence-corrected chi connectivity index (χ3v) is 3.38. The Balaban J connectivity index is 1.59. The fourth-order valence-electron chi connectivity index (χ4n) is 2.42. The minimum absolute atomic E-state index is 0.739. The van der Waals surface area contributed by atoms with Crippen molar-refractivity contribution in [3.8, 4) is 0 Å². The first-order valence-electron chi connectivity index (χ1n) is 6.83. The molecule has 2 N–H and O–H groups in total. The van der Waals surface area contributed by atoms with Crippen LogP contribution in [-0.4, -0.2) is 24.1 Å². The summed E-state index contributed by atoms with van der Waals surface area (Å²) in [5.41, 5.74) is 0. The van der Waals surface area contributed by atoms with Crippen molar-refractivity contribution in [2.75, 3.05) is 18.4 Å². The van der Waals surface area contributed by atoms with Crippen LogP contribution in [0.2, 0.25) is 0 Å². The second kappa shape index (κ2) is 7.28. The average Bonchev–Trinajstić information content (AvgIpc) is 2.65. The van der Waals surface area contributed by atoms with E-state index in [1.807, 2.05) is 24.4 Å². The van der Waals surface area contributed by atoms with Crippen molar-refractivity contribution in [1.82, 2.24) is 10.3 Å². The normalized spacial score (nSPS) is 17.6. The van der Waals surface area contributed by atoms with E-state index in [4.69, 9.17) is 0 Å². The van der Waals surface area contributed by atoms with E-state index in [1.165, 1.54) is 38.5 Å². The number of hydrogen-bond donors (Lipinski definition) is 2. The van der Waals surface area contributed by atoms with Crippen LogP contribution in [0.15, 0.2) is 24.4 Å². The van der Waals surface area contributed by atoms with Gasteiger partial charge in [0.25, 0.3) is 0 Å². The van der Waals surface area contributed by atoms with E-state index >= 15 is 0 Å². The van der Waals surface area contributed by atoms with Crippen LogP contribution in [-0.2, 0) is 0 Å². The minimum atomic E-state index is 0.739. The Labute approximate surface area is 104 Å². The van der Waals surface area contributed by atoms with E-state index in [0.717, 1.165) is 24.9 Å². The number of nitrogens with one attached hydrogen (secondary N) is 2. The summed E-state index contributed by atoms with van der Waals surface area (Å²) in [6.45, 7) is 1.98. The Morgan fingerprint density at radius 1 is 1.06 bits per heavy atom. The number of rotatable bonds is 5. The first-order valence-corrected chi connectivity index (χ1v) is 6.83. The van der Waals surface area contributed by atoms with Crippen molar-refractivity contribution in [3.05, 3.63) is 24.4 Å². The predicted molar refractivity (Wildman–Crippen MR) is 72.2 cm³/mol. The van der Waals surface area contributed by atoms with Gasteiger partial charge in [-0.25, -0.2) is 4.98 Å². The Bertz CT molecular complexity index is 292. The number of anilines is 1. The van der Waals surface area contributed by atoms with Crippen LogP contribution in [0.3, 0.4) is 0 Å². The van der Waals surface area contributed by atoms with Gasteiger partial charge >= 0.3 is 0 Å². The lowest BCUT2D eigenvalue weighted by atomic mass is 10.1. The summed E-state index contributed by atoms with van der Waals surface area (Å²) < 4.78 is 0. The first-order chi connectivity index (χ1) is 8.45.